The third-order valence-corrected chi connectivity index (χ3v) is 28.6. The van der Waals surface area contributed by atoms with Gasteiger partial charge < -0.3 is 37.2 Å². The summed E-state index contributed by atoms with van der Waals surface area (Å²) in [5.41, 5.74) is 2.14. The van der Waals surface area contributed by atoms with Crippen LogP contribution in [0.1, 0.15) is 144 Å². The molecule has 12 rings (SSSR count). The number of aryl methyl sites for hydroxylation is 1. The topological polar surface area (TPSA) is 210 Å². The molecule has 0 spiro atoms. The third-order valence-electron chi connectivity index (χ3n) is 19.7. The summed E-state index contributed by atoms with van der Waals surface area (Å²) in [6.45, 7) is 23.1. The number of esters is 1. The molecule has 496 valence electrons. The lowest BCUT2D eigenvalue weighted by Crippen LogP contribution is -2.68. The quantitative estimate of drug-likeness (QED) is 0.0464. The second-order valence-electron chi connectivity index (χ2n) is 28.3. The summed E-state index contributed by atoms with van der Waals surface area (Å²) in [4.78, 5) is 73.8. The summed E-state index contributed by atoms with van der Waals surface area (Å²) in [7, 11) is 2.37. The number of aromatic nitrogens is 2. The SMILES string of the molecule is C.CN(C)[C@@H]1c2onc(OCc3ccccc3)c2C(=O)[C@@]2(O[Si](C)(C)C(C)(C)C)C(=O)C3=C(O)c4ccccc4C[C@H]3C[C@@H]12.CN(C)[C@@H]1c2onc(OCc3ccccc3)c2C(=O)[C@@]2(O[Si](C)(C)C(C)(C)C)C(=O)C=CC[C@@H]12.Cc1ccccc1C(=O)Oc1ccccc1. The smallest absolute Gasteiger partial charge is 0.343 e. The Kier molecular flexibility index (Phi) is 20.4. The fourth-order valence-corrected chi connectivity index (χ4v) is 15.8. The minimum Gasteiger partial charge on any atom is -0.507 e. The molecule has 19 heteroatoms. The van der Waals surface area contributed by atoms with E-state index in [1.807, 2.05) is 172 Å². The molecule has 2 aromatic heterocycles. The number of fused-ring (bicyclic) bond motifs is 6. The number of Topliss-reactive ketones (excluding diaryl/α,β-unsaturated/α-hetero) is 3. The van der Waals surface area contributed by atoms with Crippen molar-refractivity contribution in [1.29, 1.82) is 0 Å². The standard InChI is InChI=1S/C34H40N2O6Si.C26H34N2O5Si.C14H12O2.CH4/c1-33(2,3)43(6,7)42-34-24(18-22-17-21-15-11-12-16-23(21)28(37)25(22)30(34)38)27(36(4)5)29-26(31(34)39)32(35-41-29)40-19-20-13-9-8-10-14-20;1-25(2,3)34(6,7)33-26-18(14-11-15-19(26)29)21(28(4)5)22-20(23(26)30)24(27-32-22)31-16-17-12-9-8-10-13-17;1-11-7-5-6-10-13(11)14(15)16-12-8-3-2-4-9-12;/h8-16,22,24,27,37H,17-19H2,1-7H3;8-13,15,18,21H,14,16H2,1-7H3;2-10H,1H3;1H4/t22-,24-,27-,34-;18-,21-,26-;;/m00../s1. The van der Waals surface area contributed by atoms with Crippen molar-refractivity contribution in [2.24, 2.45) is 17.8 Å². The third kappa shape index (κ3) is 13.1. The van der Waals surface area contributed by atoms with E-state index in [9.17, 15) is 19.5 Å². The number of benzene rings is 5. The van der Waals surface area contributed by atoms with E-state index in [2.05, 4.69) is 78.0 Å². The van der Waals surface area contributed by atoms with Gasteiger partial charge in [0.25, 0.3) is 11.8 Å². The molecule has 1 N–H and O–H groups in total. The van der Waals surface area contributed by atoms with Crippen molar-refractivity contribution in [3.63, 3.8) is 0 Å². The van der Waals surface area contributed by atoms with Gasteiger partial charge in [0, 0.05) is 23.0 Å². The minimum atomic E-state index is -2.75. The van der Waals surface area contributed by atoms with Gasteiger partial charge in [0.1, 0.15) is 35.8 Å². The van der Waals surface area contributed by atoms with Crippen molar-refractivity contribution in [3.05, 3.63) is 213 Å². The van der Waals surface area contributed by atoms with Gasteiger partial charge in [-0.05, 0) is 153 Å². The number of para-hydroxylation sites is 1. The van der Waals surface area contributed by atoms with E-state index in [1.54, 1.807) is 18.2 Å². The van der Waals surface area contributed by atoms with Crippen molar-refractivity contribution < 1.29 is 61.2 Å². The molecule has 7 aromatic rings. The van der Waals surface area contributed by atoms with Crippen LogP contribution in [0.4, 0.5) is 0 Å². The van der Waals surface area contributed by atoms with Gasteiger partial charge in [0.2, 0.25) is 17.3 Å². The Hall–Kier alpha value is -8.18. The molecule has 0 radical (unpaired) electrons. The highest BCUT2D eigenvalue weighted by atomic mass is 28.4. The van der Waals surface area contributed by atoms with Gasteiger partial charge >= 0.3 is 5.97 Å². The van der Waals surface area contributed by atoms with Crippen LogP contribution in [-0.2, 0) is 38.1 Å². The molecular formula is C75H90N4O13Si2. The Balaban J connectivity index is 0.000000181. The number of nitrogens with zero attached hydrogens (tertiary/aromatic N) is 4. The first kappa shape index (κ1) is 70.1. The number of ketones is 4. The molecule has 17 nitrogen and oxygen atoms in total. The van der Waals surface area contributed by atoms with E-state index >= 15 is 9.59 Å². The summed E-state index contributed by atoms with van der Waals surface area (Å²) in [5, 5.41) is 19.5. The van der Waals surface area contributed by atoms with Gasteiger partial charge in [-0.1, -0.05) is 176 Å². The fourth-order valence-electron chi connectivity index (χ4n) is 12.9. The predicted molar refractivity (Wildman–Crippen MR) is 366 cm³/mol. The van der Waals surface area contributed by atoms with Gasteiger partial charge in [-0.2, -0.15) is 0 Å². The lowest BCUT2D eigenvalue weighted by atomic mass is 9.57. The highest BCUT2D eigenvalue weighted by Crippen LogP contribution is 2.59. The Morgan fingerprint density at radius 3 is 1.59 bits per heavy atom. The highest BCUT2D eigenvalue weighted by molar-refractivity contribution is 6.75. The maximum absolute atomic E-state index is 15.1. The van der Waals surface area contributed by atoms with E-state index in [0.717, 1.165) is 22.3 Å². The molecule has 5 aromatic carbocycles. The van der Waals surface area contributed by atoms with Crippen LogP contribution in [0, 0.1) is 24.7 Å². The second kappa shape index (κ2) is 27.3. The number of carbonyl (C=O) groups is 5. The molecule has 1 fully saturated rings. The Morgan fingerprint density at radius 2 is 1.07 bits per heavy atom. The molecule has 5 aliphatic rings. The second-order valence-corrected chi connectivity index (χ2v) is 37.7. The summed E-state index contributed by atoms with van der Waals surface area (Å²) in [6.07, 6.45) is 4.91. The largest absolute Gasteiger partial charge is 0.507 e. The number of hydrogen-bond donors (Lipinski definition) is 1. The molecule has 0 amide bonds. The molecule has 94 heavy (non-hydrogen) atoms. The van der Waals surface area contributed by atoms with Gasteiger partial charge in [0.15, 0.2) is 45.1 Å². The van der Waals surface area contributed by atoms with E-state index < -0.39 is 63.1 Å². The zero-order valence-electron chi connectivity index (χ0n) is 56.0. The zero-order valence-corrected chi connectivity index (χ0v) is 58.0. The number of ether oxygens (including phenoxy) is 3. The molecule has 0 aliphatic heterocycles. The van der Waals surface area contributed by atoms with Gasteiger partial charge in [-0.3, -0.25) is 29.0 Å². The maximum atomic E-state index is 15.1. The predicted octanol–water partition coefficient (Wildman–Crippen LogP) is 15.4. The molecule has 2 heterocycles. The van der Waals surface area contributed by atoms with Gasteiger partial charge in [-0.25, -0.2) is 4.79 Å². The lowest BCUT2D eigenvalue weighted by molar-refractivity contribution is -0.140. The molecule has 0 saturated heterocycles. The summed E-state index contributed by atoms with van der Waals surface area (Å²) in [6, 6.07) is 42.4. The van der Waals surface area contributed by atoms with Crippen molar-refractivity contribution in [2.45, 2.75) is 148 Å². The van der Waals surface area contributed by atoms with Crippen molar-refractivity contribution in [1.82, 2.24) is 20.1 Å². The average molecular weight is 1310 g/mol. The van der Waals surface area contributed by atoms with Crippen LogP contribution in [0.3, 0.4) is 0 Å². The number of aliphatic hydroxyl groups is 1. The van der Waals surface area contributed by atoms with E-state index in [0.29, 0.717) is 47.7 Å². The van der Waals surface area contributed by atoms with Crippen LogP contribution >= 0.6 is 0 Å². The maximum Gasteiger partial charge on any atom is 0.343 e. The average Bonchev–Trinajstić information content (AvgIpc) is 1.10. The summed E-state index contributed by atoms with van der Waals surface area (Å²) < 4.78 is 42.9. The fraction of sp³-hybridized carbons (Fsp3) is 0.400. The van der Waals surface area contributed by atoms with Crippen LogP contribution in [0.25, 0.3) is 5.76 Å². The first-order valence-electron chi connectivity index (χ1n) is 31.7. The normalized spacial score (nSPS) is 22.2. The molecule has 7 atom stereocenters. The monoisotopic (exact) mass is 1310 g/mol. The van der Waals surface area contributed by atoms with Gasteiger partial charge in [-0.15, -0.1) is 0 Å². The zero-order chi connectivity index (χ0) is 67.2. The minimum absolute atomic E-state index is 0. The first-order valence-corrected chi connectivity index (χ1v) is 37.5. The highest BCUT2D eigenvalue weighted by Gasteiger charge is 2.69. The number of carbonyl (C=O) groups excluding carboxylic acids is 5. The van der Waals surface area contributed by atoms with Crippen molar-refractivity contribution in [3.8, 4) is 17.5 Å². The van der Waals surface area contributed by atoms with Crippen molar-refractivity contribution >= 4 is 51.5 Å². The number of aliphatic hydroxyl groups excluding tert-OH is 1. The van der Waals surface area contributed by atoms with Crippen LogP contribution < -0.4 is 14.2 Å². The Labute approximate surface area is 554 Å². The van der Waals surface area contributed by atoms with Crippen LogP contribution in [0.15, 0.2) is 166 Å². The molecule has 0 unspecified atom stereocenters. The van der Waals surface area contributed by atoms with Crippen LogP contribution in [0.5, 0.6) is 17.5 Å². The summed E-state index contributed by atoms with van der Waals surface area (Å²) >= 11 is 0. The van der Waals surface area contributed by atoms with E-state index in [-0.39, 0.29) is 88.6 Å². The number of rotatable bonds is 14. The van der Waals surface area contributed by atoms with Gasteiger partial charge in [0.05, 0.1) is 17.6 Å². The molecular weight excluding hydrogens is 1220 g/mol. The molecule has 5 aliphatic carbocycles. The number of hydrogen-bond acceptors (Lipinski definition) is 17. The van der Waals surface area contributed by atoms with Crippen LogP contribution in [0.2, 0.25) is 36.3 Å². The lowest BCUT2D eigenvalue weighted by Gasteiger charge is -2.55. The number of allylic oxidation sites excluding steroid dienone is 1. The Bertz CT molecular complexity index is 3990. The van der Waals surface area contributed by atoms with E-state index in [4.69, 9.17) is 32.1 Å². The van der Waals surface area contributed by atoms with Crippen molar-refractivity contribution in [2.75, 3.05) is 28.2 Å². The molecule has 1 saturated carbocycles. The van der Waals surface area contributed by atoms with E-state index in [1.165, 1.54) is 6.08 Å². The first-order chi connectivity index (χ1) is 43.9. The van der Waals surface area contributed by atoms with Crippen LogP contribution in [-0.4, -0.2) is 110 Å². The summed E-state index contributed by atoms with van der Waals surface area (Å²) in [5.74, 6) is -1.76. The molecule has 0 bridgehead atoms. The Morgan fingerprint density at radius 1 is 0.617 bits per heavy atom.